The minimum Gasteiger partial charge on any atom is -0.457 e. The van der Waals surface area contributed by atoms with Crippen LogP contribution in [0.3, 0.4) is 0 Å². The van der Waals surface area contributed by atoms with Crippen molar-refractivity contribution >= 4 is 17.6 Å². The van der Waals surface area contributed by atoms with Crippen molar-refractivity contribution in [3.05, 3.63) is 54.6 Å². The lowest BCUT2D eigenvalue weighted by molar-refractivity contribution is -0.133. The van der Waals surface area contributed by atoms with Crippen molar-refractivity contribution in [1.29, 1.82) is 0 Å². The summed E-state index contributed by atoms with van der Waals surface area (Å²) in [7, 11) is 0. The number of rotatable bonds is 5. The van der Waals surface area contributed by atoms with Crippen LogP contribution >= 0.6 is 0 Å². The molecule has 2 heterocycles. The number of anilines is 1. The third-order valence-electron chi connectivity index (χ3n) is 5.79. The zero-order valence-corrected chi connectivity index (χ0v) is 17.8. The lowest BCUT2D eigenvalue weighted by Crippen LogP contribution is -2.52. The Morgan fingerprint density at radius 3 is 2.23 bits per heavy atom. The number of carbonyl (C=O) groups is 2. The summed E-state index contributed by atoms with van der Waals surface area (Å²) in [5.74, 6) is 1.64. The summed E-state index contributed by atoms with van der Waals surface area (Å²) < 4.78 is 5.84. The third-order valence-corrected chi connectivity index (χ3v) is 5.79. The van der Waals surface area contributed by atoms with Gasteiger partial charge in [0.2, 0.25) is 5.91 Å². The van der Waals surface area contributed by atoms with Gasteiger partial charge in [-0.2, -0.15) is 0 Å². The molecule has 0 aromatic heterocycles. The molecule has 2 aromatic carbocycles. The molecule has 0 bridgehead atoms. The van der Waals surface area contributed by atoms with Gasteiger partial charge in [0.05, 0.1) is 6.54 Å². The second kappa shape index (κ2) is 10.3. The monoisotopic (exact) mass is 422 g/mol. The lowest BCUT2D eigenvalue weighted by atomic mass is 10.1. The normalized spacial score (nSPS) is 17.3. The molecule has 0 unspecified atom stereocenters. The predicted octanol–water partition coefficient (Wildman–Crippen LogP) is 3.64. The highest BCUT2D eigenvalue weighted by Crippen LogP contribution is 2.24. The van der Waals surface area contributed by atoms with E-state index >= 15 is 0 Å². The van der Waals surface area contributed by atoms with E-state index < -0.39 is 0 Å². The maximum absolute atomic E-state index is 12.7. The summed E-state index contributed by atoms with van der Waals surface area (Å²) in [5, 5.41) is 2.96. The van der Waals surface area contributed by atoms with Gasteiger partial charge in [-0.1, -0.05) is 24.3 Å². The molecule has 1 N–H and O–H groups in total. The van der Waals surface area contributed by atoms with Crippen LogP contribution in [0.4, 0.5) is 10.5 Å². The number of carbonyl (C=O) groups excluding carboxylic acids is 2. The minimum absolute atomic E-state index is 0.126. The van der Waals surface area contributed by atoms with Gasteiger partial charge in [-0.05, 0) is 43.5 Å². The van der Waals surface area contributed by atoms with E-state index in [1.54, 1.807) is 4.90 Å². The number of amides is 3. The quantitative estimate of drug-likeness (QED) is 0.799. The number of nitrogens with one attached hydrogen (secondary N) is 1. The molecular weight excluding hydrogens is 392 g/mol. The van der Waals surface area contributed by atoms with Gasteiger partial charge in [-0.3, -0.25) is 9.69 Å². The highest BCUT2D eigenvalue weighted by Gasteiger charge is 2.25. The molecule has 0 atom stereocenters. The number of likely N-dealkylation sites (tertiary alicyclic amines) is 1. The Balaban J connectivity index is 1.24. The molecule has 3 amide bonds. The Morgan fingerprint density at radius 1 is 0.774 bits per heavy atom. The number of urea groups is 1. The van der Waals surface area contributed by atoms with E-state index in [1.165, 1.54) is 6.42 Å². The largest absolute Gasteiger partial charge is 0.457 e. The van der Waals surface area contributed by atoms with Gasteiger partial charge in [0.15, 0.2) is 0 Å². The van der Waals surface area contributed by atoms with E-state index in [0.717, 1.165) is 31.7 Å². The van der Waals surface area contributed by atoms with Gasteiger partial charge < -0.3 is 19.9 Å². The molecule has 2 saturated heterocycles. The van der Waals surface area contributed by atoms with Crippen molar-refractivity contribution in [1.82, 2.24) is 14.7 Å². The van der Waals surface area contributed by atoms with Crippen LogP contribution < -0.4 is 10.1 Å². The third kappa shape index (κ3) is 5.98. The fraction of sp³-hybridized carbons (Fsp3) is 0.417. The van der Waals surface area contributed by atoms with E-state index in [9.17, 15) is 9.59 Å². The number of piperazine rings is 1. The van der Waals surface area contributed by atoms with Crippen molar-refractivity contribution < 1.29 is 14.3 Å². The molecule has 7 heteroatoms. The zero-order valence-electron chi connectivity index (χ0n) is 17.8. The van der Waals surface area contributed by atoms with Gasteiger partial charge in [0.1, 0.15) is 11.5 Å². The van der Waals surface area contributed by atoms with Crippen LogP contribution in [0.5, 0.6) is 11.5 Å². The Bertz CT molecular complexity index is 875. The molecule has 0 aliphatic carbocycles. The molecule has 0 saturated carbocycles. The maximum Gasteiger partial charge on any atom is 0.321 e. The van der Waals surface area contributed by atoms with Crippen molar-refractivity contribution in [2.45, 2.75) is 19.3 Å². The Kier molecular flexibility index (Phi) is 7.04. The second-order valence-corrected chi connectivity index (χ2v) is 8.08. The van der Waals surface area contributed by atoms with E-state index in [-0.39, 0.29) is 11.9 Å². The van der Waals surface area contributed by atoms with E-state index in [2.05, 4.69) is 10.2 Å². The summed E-state index contributed by atoms with van der Waals surface area (Å²) in [6, 6.07) is 16.8. The molecule has 0 spiro atoms. The molecule has 2 fully saturated rings. The first-order valence-corrected chi connectivity index (χ1v) is 11.1. The number of hydrogen-bond donors (Lipinski definition) is 1. The molecule has 0 radical (unpaired) electrons. The fourth-order valence-electron chi connectivity index (χ4n) is 4.01. The van der Waals surface area contributed by atoms with Crippen molar-refractivity contribution in [2.24, 2.45) is 0 Å². The number of nitrogens with zero attached hydrogens (tertiary/aromatic N) is 3. The number of ether oxygens (including phenoxy) is 1. The molecular formula is C24H30N4O3. The van der Waals surface area contributed by atoms with E-state index in [0.29, 0.717) is 44.2 Å². The molecule has 2 aliphatic heterocycles. The topological polar surface area (TPSA) is 65.1 Å². The summed E-state index contributed by atoms with van der Waals surface area (Å²) in [5.41, 5.74) is 0.695. The molecule has 164 valence electrons. The average molecular weight is 423 g/mol. The van der Waals surface area contributed by atoms with Crippen molar-refractivity contribution in [3.63, 3.8) is 0 Å². The molecule has 4 rings (SSSR count). The van der Waals surface area contributed by atoms with Gasteiger partial charge in [0.25, 0.3) is 0 Å². The summed E-state index contributed by atoms with van der Waals surface area (Å²) in [4.78, 5) is 31.1. The maximum atomic E-state index is 12.7. The van der Waals surface area contributed by atoms with Gasteiger partial charge >= 0.3 is 6.03 Å². The highest BCUT2D eigenvalue weighted by atomic mass is 16.5. The van der Waals surface area contributed by atoms with Gasteiger partial charge in [-0.15, -0.1) is 0 Å². The zero-order chi connectivity index (χ0) is 21.5. The van der Waals surface area contributed by atoms with E-state index in [4.69, 9.17) is 4.74 Å². The Labute approximate surface area is 183 Å². The predicted molar refractivity (Wildman–Crippen MR) is 120 cm³/mol. The van der Waals surface area contributed by atoms with Crippen LogP contribution in [-0.4, -0.2) is 72.5 Å². The van der Waals surface area contributed by atoms with Crippen LogP contribution in [0.25, 0.3) is 0 Å². The number of para-hydroxylation sites is 1. The molecule has 31 heavy (non-hydrogen) atoms. The highest BCUT2D eigenvalue weighted by molar-refractivity contribution is 5.89. The molecule has 2 aromatic rings. The second-order valence-electron chi connectivity index (χ2n) is 8.08. The number of hydrogen-bond acceptors (Lipinski definition) is 4. The Hall–Kier alpha value is -3.06. The number of piperidine rings is 1. The van der Waals surface area contributed by atoms with E-state index in [1.807, 2.05) is 59.5 Å². The summed E-state index contributed by atoms with van der Waals surface area (Å²) in [6.45, 7) is 4.86. The summed E-state index contributed by atoms with van der Waals surface area (Å²) >= 11 is 0. The Morgan fingerprint density at radius 2 is 1.48 bits per heavy atom. The first-order chi connectivity index (χ1) is 15.2. The molecule has 7 nitrogen and oxygen atoms in total. The summed E-state index contributed by atoms with van der Waals surface area (Å²) in [6.07, 6.45) is 3.44. The SMILES string of the molecule is O=C(CN1CCN(C(=O)Nc2cccc(Oc3ccccc3)c2)CC1)N1CCCCC1. The van der Waals surface area contributed by atoms with Crippen molar-refractivity contribution in [3.8, 4) is 11.5 Å². The minimum atomic E-state index is -0.126. The average Bonchev–Trinajstić information content (AvgIpc) is 2.81. The first-order valence-electron chi connectivity index (χ1n) is 11.1. The van der Waals surface area contributed by atoms with Crippen molar-refractivity contribution in [2.75, 3.05) is 51.1 Å². The van der Waals surface area contributed by atoms with Gasteiger partial charge in [-0.25, -0.2) is 4.79 Å². The number of benzene rings is 2. The first kappa shape index (κ1) is 21.2. The van der Waals surface area contributed by atoms with Gasteiger partial charge in [0, 0.05) is 51.0 Å². The molecule has 2 aliphatic rings. The van der Waals surface area contributed by atoms with Crippen LogP contribution in [-0.2, 0) is 4.79 Å². The van der Waals surface area contributed by atoms with Crippen LogP contribution in [0.2, 0.25) is 0 Å². The van der Waals surface area contributed by atoms with Crippen LogP contribution in [0.1, 0.15) is 19.3 Å². The standard InChI is InChI=1S/C24H30N4O3/c29-23(27-12-5-2-6-13-27)19-26-14-16-28(17-15-26)24(30)25-20-8-7-11-22(18-20)31-21-9-3-1-4-10-21/h1,3-4,7-11,18H,2,5-6,12-17,19H2,(H,25,30). The van der Waals surface area contributed by atoms with Crippen LogP contribution in [0.15, 0.2) is 54.6 Å². The smallest absolute Gasteiger partial charge is 0.321 e. The fourth-order valence-corrected chi connectivity index (χ4v) is 4.01. The van der Waals surface area contributed by atoms with Crippen LogP contribution in [0, 0.1) is 0 Å². The lowest BCUT2D eigenvalue weighted by Gasteiger charge is -2.36.